The van der Waals surface area contributed by atoms with Crippen molar-refractivity contribution in [3.8, 4) is 0 Å². The van der Waals surface area contributed by atoms with Crippen molar-refractivity contribution in [3.63, 3.8) is 0 Å². The lowest BCUT2D eigenvalue weighted by Crippen LogP contribution is -2.38. The van der Waals surface area contributed by atoms with E-state index < -0.39 is 0 Å². The van der Waals surface area contributed by atoms with Crippen LogP contribution in [0, 0.1) is 0 Å². The third kappa shape index (κ3) is 3.15. The van der Waals surface area contributed by atoms with Gasteiger partial charge in [0, 0.05) is 24.2 Å². The molecule has 1 fully saturated rings. The molecule has 0 radical (unpaired) electrons. The van der Waals surface area contributed by atoms with Crippen molar-refractivity contribution in [2.75, 3.05) is 6.54 Å². The van der Waals surface area contributed by atoms with Gasteiger partial charge in [0.2, 0.25) is 0 Å². The average Bonchev–Trinajstić information content (AvgIpc) is 3.05. The van der Waals surface area contributed by atoms with Crippen molar-refractivity contribution >= 4 is 5.91 Å². The van der Waals surface area contributed by atoms with Gasteiger partial charge in [0.05, 0.1) is 5.54 Å². The first-order chi connectivity index (χ1) is 8.82. The number of nitrogens with zero attached hydrogens (tertiary/aromatic N) is 2. The minimum atomic E-state index is -0.136. The van der Waals surface area contributed by atoms with Crippen LogP contribution in [-0.4, -0.2) is 28.3 Å². The van der Waals surface area contributed by atoms with E-state index >= 15 is 0 Å². The second-order valence-electron chi connectivity index (χ2n) is 6.42. The van der Waals surface area contributed by atoms with E-state index in [0.29, 0.717) is 18.2 Å². The molecular weight excluding hydrogens is 240 g/mol. The summed E-state index contributed by atoms with van der Waals surface area (Å²) in [6.45, 7) is 8.64. The quantitative estimate of drug-likeness (QED) is 0.867. The molecule has 0 bridgehead atoms. The van der Waals surface area contributed by atoms with E-state index in [4.69, 9.17) is 5.73 Å². The number of carbonyl (C=O) groups is 1. The molecule has 0 unspecified atom stereocenters. The second-order valence-corrected chi connectivity index (χ2v) is 6.42. The van der Waals surface area contributed by atoms with Crippen LogP contribution in [0.5, 0.6) is 0 Å². The van der Waals surface area contributed by atoms with Crippen molar-refractivity contribution in [1.82, 2.24) is 15.1 Å². The van der Waals surface area contributed by atoms with Crippen LogP contribution < -0.4 is 11.1 Å². The first kappa shape index (κ1) is 14.1. The van der Waals surface area contributed by atoms with E-state index in [1.54, 1.807) is 0 Å². The van der Waals surface area contributed by atoms with Crippen LogP contribution in [0.4, 0.5) is 0 Å². The van der Waals surface area contributed by atoms with Gasteiger partial charge in [-0.1, -0.05) is 0 Å². The summed E-state index contributed by atoms with van der Waals surface area (Å²) < 4.78 is 1.99. The highest BCUT2D eigenvalue weighted by Gasteiger charge is 2.32. The Morgan fingerprint density at radius 1 is 1.58 bits per heavy atom. The van der Waals surface area contributed by atoms with Crippen molar-refractivity contribution in [2.45, 2.75) is 58.0 Å². The minimum Gasteiger partial charge on any atom is -0.347 e. The summed E-state index contributed by atoms with van der Waals surface area (Å²) in [4.78, 5) is 12.1. The van der Waals surface area contributed by atoms with Gasteiger partial charge >= 0.3 is 0 Å². The first-order valence-electron chi connectivity index (χ1n) is 6.94. The number of hydrogen-bond donors (Lipinski definition) is 2. The highest BCUT2D eigenvalue weighted by molar-refractivity contribution is 5.92. The summed E-state index contributed by atoms with van der Waals surface area (Å²) in [5.41, 5.74) is 7.10. The maximum atomic E-state index is 12.1. The molecular formula is C14H24N4O. The van der Waals surface area contributed by atoms with Gasteiger partial charge in [-0.05, 0) is 46.6 Å². The molecule has 106 valence electrons. The second kappa shape index (κ2) is 4.96. The Kier molecular flexibility index (Phi) is 3.67. The lowest BCUT2D eigenvalue weighted by molar-refractivity contribution is 0.0934. The third-order valence-electron chi connectivity index (χ3n) is 3.33. The highest BCUT2D eigenvalue weighted by atomic mass is 16.2. The van der Waals surface area contributed by atoms with E-state index in [1.165, 1.54) is 18.5 Å². The minimum absolute atomic E-state index is 0.0309. The smallest absolute Gasteiger partial charge is 0.272 e. The predicted octanol–water partition coefficient (Wildman–Crippen LogP) is 1.59. The largest absolute Gasteiger partial charge is 0.347 e. The van der Waals surface area contributed by atoms with Crippen molar-refractivity contribution < 1.29 is 4.79 Å². The van der Waals surface area contributed by atoms with Crippen molar-refractivity contribution in [3.05, 3.63) is 17.5 Å². The number of hydrogen-bond acceptors (Lipinski definition) is 3. The molecule has 0 spiro atoms. The lowest BCUT2D eigenvalue weighted by atomic mass is 10.1. The van der Waals surface area contributed by atoms with Crippen LogP contribution >= 0.6 is 0 Å². The maximum Gasteiger partial charge on any atom is 0.272 e. The van der Waals surface area contributed by atoms with Crippen LogP contribution in [0.2, 0.25) is 0 Å². The lowest BCUT2D eigenvalue weighted by Gasteiger charge is -2.22. The fourth-order valence-electron chi connectivity index (χ4n) is 2.07. The first-order valence-corrected chi connectivity index (χ1v) is 6.94. The normalized spacial score (nSPS) is 17.3. The molecule has 2 rings (SSSR count). The Hall–Kier alpha value is -1.36. The molecule has 1 atom stereocenters. The molecule has 1 aliphatic carbocycles. The third-order valence-corrected chi connectivity index (χ3v) is 3.33. The van der Waals surface area contributed by atoms with Crippen LogP contribution in [0.3, 0.4) is 0 Å². The standard InChI is InChI=1S/C14H24N4O/c1-9(8-15)16-13(19)11-7-12(10-5-6-10)18(17-11)14(2,3)4/h7,9-10H,5-6,8,15H2,1-4H3,(H,16,19)/t9-/m0/s1. The summed E-state index contributed by atoms with van der Waals surface area (Å²) in [5.74, 6) is 0.433. The van der Waals surface area contributed by atoms with E-state index in [0.717, 1.165) is 0 Å². The topological polar surface area (TPSA) is 72.9 Å². The molecule has 1 heterocycles. The Balaban J connectivity index is 2.25. The molecule has 1 aromatic heterocycles. The fraction of sp³-hybridized carbons (Fsp3) is 0.714. The SMILES string of the molecule is C[C@@H](CN)NC(=O)c1cc(C2CC2)n(C(C)(C)C)n1. The van der Waals surface area contributed by atoms with Gasteiger partial charge in [-0.15, -0.1) is 0 Å². The number of nitrogens with two attached hydrogens (primary N) is 1. The molecule has 0 aliphatic heterocycles. The van der Waals surface area contributed by atoms with Crippen molar-refractivity contribution in [1.29, 1.82) is 0 Å². The summed E-state index contributed by atoms with van der Waals surface area (Å²) in [5, 5.41) is 7.35. The number of nitrogens with one attached hydrogen (secondary N) is 1. The van der Waals surface area contributed by atoms with Gasteiger partial charge in [-0.25, -0.2) is 0 Å². The Morgan fingerprint density at radius 2 is 2.21 bits per heavy atom. The van der Waals surface area contributed by atoms with E-state index in [-0.39, 0.29) is 17.5 Å². The monoisotopic (exact) mass is 264 g/mol. The van der Waals surface area contributed by atoms with Gasteiger partial charge in [-0.3, -0.25) is 9.48 Å². The molecule has 3 N–H and O–H groups in total. The zero-order chi connectivity index (χ0) is 14.2. The number of aromatic nitrogens is 2. The summed E-state index contributed by atoms with van der Waals surface area (Å²) >= 11 is 0. The van der Waals surface area contributed by atoms with Gasteiger partial charge < -0.3 is 11.1 Å². The molecule has 0 aromatic carbocycles. The van der Waals surface area contributed by atoms with Gasteiger partial charge in [-0.2, -0.15) is 5.10 Å². The van der Waals surface area contributed by atoms with Crippen LogP contribution in [0.1, 0.15) is 62.6 Å². The fourth-order valence-corrected chi connectivity index (χ4v) is 2.07. The number of rotatable bonds is 4. The molecule has 5 nitrogen and oxygen atoms in total. The zero-order valence-electron chi connectivity index (χ0n) is 12.2. The molecule has 0 saturated heterocycles. The molecule has 5 heteroatoms. The highest BCUT2D eigenvalue weighted by Crippen LogP contribution is 2.41. The molecule has 1 saturated carbocycles. The summed E-state index contributed by atoms with van der Waals surface area (Å²) in [6.07, 6.45) is 2.39. The van der Waals surface area contributed by atoms with Crippen LogP contribution in [-0.2, 0) is 5.54 Å². The number of carbonyl (C=O) groups excluding carboxylic acids is 1. The van der Waals surface area contributed by atoms with Gasteiger partial charge in [0.25, 0.3) is 5.91 Å². The summed E-state index contributed by atoms with van der Waals surface area (Å²) in [7, 11) is 0. The van der Waals surface area contributed by atoms with E-state index in [1.807, 2.05) is 17.7 Å². The van der Waals surface area contributed by atoms with Crippen LogP contribution in [0.15, 0.2) is 6.07 Å². The van der Waals surface area contributed by atoms with Gasteiger partial charge in [0.1, 0.15) is 5.69 Å². The maximum absolute atomic E-state index is 12.1. The van der Waals surface area contributed by atoms with E-state index in [9.17, 15) is 4.79 Å². The average molecular weight is 264 g/mol. The summed E-state index contributed by atoms with van der Waals surface area (Å²) in [6, 6.07) is 1.90. The van der Waals surface area contributed by atoms with Crippen LogP contribution in [0.25, 0.3) is 0 Å². The van der Waals surface area contributed by atoms with E-state index in [2.05, 4.69) is 31.2 Å². The molecule has 1 aliphatic rings. The van der Waals surface area contributed by atoms with Crippen molar-refractivity contribution in [2.24, 2.45) is 5.73 Å². The Bertz CT molecular complexity index is 468. The number of amides is 1. The Morgan fingerprint density at radius 3 is 2.68 bits per heavy atom. The zero-order valence-corrected chi connectivity index (χ0v) is 12.2. The van der Waals surface area contributed by atoms with Gasteiger partial charge in [0.15, 0.2) is 0 Å². The Labute approximate surface area is 114 Å². The molecule has 1 amide bonds. The predicted molar refractivity (Wildman–Crippen MR) is 75.2 cm³/mol. The molecule has 1 aromatic rings. The molecule has 19 heavy (non-hydrogen) atoms.